The molecule has 0 unspecified atom stereocenters. The minimum atomic E-state index is 1.14. The van der Waals surface area contributed by atoms with E-state index in [4.69, 9.17) is 0 Å². The first-order valence-corrected chi connectivity index (χ1v) is 4.97. The number of halogens is 1. The molecule has 0 saturated heterocycles. The molecule has 1 rings (SSSR count). The molecule has 0 heterocycles. The minimum Gasteiger partial charge on any atom is -0.0985 e. The first-order valence-electron chi connectivity index (χ1n) is 4.18. The summed E-state index contributed by atoms with van der Waals surface area (Å²) in [5, 5.41) is 0. The highest BCUT2D eigenvalue weighted by atomic mass is 79.9. The van der Waals surface area contributed by atoms with Gasteiger partial charge in [0, 0.05) is 4.47 Å². The van der Waals surface area contributed by atoms with Crippen molar-refractivity contribution in [2.45, 2.75) is 19.8 Å². The standard InChI is InChI=1S/C11H13Br/c1-3-5-10-6-9(4-2)7-11(12)8-10/h4,6-8H,2-3,5H2,1H3. The van der Waals surface area contributed by atoms with Crippen molar-refractivity contribution >= 4 is 22.0 Å². The summed E-state index contributed by atoms with van der Waals surface area (Å²) in [6.07, 6.45) is 4.21. The fourth-order valence-electron chi connectivity index (χ4n) is 1.23. The maximum Gasteiger partial charge on any atom is 0.0183 e. The summed E-state index contributed by atoms with van der Waals surface area (Å²) < 4.78 is 1.14. The van der Waals surface area contributed by atoms with Gasteiger partial charge in [-0.2, -0.15) is 0 Å². The Labute approximate surface area is 82.4 Å². The van der Waals surface area contributed by atoms with Gasteiger partial charge >= 0.3 is 0 Å². The van der Waals surface area contributed by atoms with E-state index in [-0.39, 0.29) is 0 Å². The van der Waals surface area contributed by atoms with E-state index >= 15 is 0 Å². The van der Waals surface area contributed by atoms with Crippen molar-refractivity contribution in [3.05, 3.63) is 40.4 Å². The van der Waals surface area contributed by atoms with E-state index in [1.54, 1.807) is 0 Å². The van der Waals surface area contributed by atoms with Crippen LogP contribution in [0.1, 0.15) is 24.5 Å². The largest absolute Gasteiger partial charge is 0.0985 e. The Morgan fingerprint density at radius 1 is 1.42 bits per heavy atom. The molecule has 1 aromatic rings. The summed E-state index contributed by atoms with van der Waals surface area (Å²) in [7, 11) is 0. The van der Waals surface area contributed by atoms with Gasteiger partial charge in [0.15, 0.2) is 0 Å². The molecule has 0 aliphatic rings. The van der Waals surface area contributed by atoms with Gasteiger partial charge in [0.05, 0.1) is 0 Å². The molecule has 12 heavy (non-hydrogen) atoms. The van der Waals surface area contributed by atoms with Crippen LogP contribution in [0, 0.1) is 0 Å². The topological polar surface area (TPSA) is 0 Å². The number of aryl methyl sites for hydroxylation is 1. The van der Waals surface area contributed by atoms with E-state index in [1.165, 1.54) is 17.5 Å². The summed E-state index contributed by atoms with van der Waals surface area (Å²) in [5.41, 5.74) is 2.56. The van der Waals surface area contributed by atoms with E-state index in [0.29, 0.717) is 0 Å². The third kappa shape index (κ3) is 2.49. The van der Waals surface area contributed by atoms with Gasteiger partial charge in [-0.05, 0) is 29.7 Å². The van der Waals surface area contributed by atoms with Crippen molar-refractivity contribution < 1.29 is 0 Å². The summed E-state index contributed by atoms with van der Waals surface area (Å²) in [4.78, 5) is 0. The lowest BCUT2D eigenvalue weighted by molar-refractivity contribution is 0.920. The summed E-state index contributed by atoms with van der Waals surface area (Å²) >= 11 is 3.48. The van der Waals surface area contributed by atoms with Gasteiger partial charge in [0.2, 0.25) is 0 Å². The van der Waals surface area contributed by atoms with E-state index in [0.717, 1.165) is 10.9 Å². The SMILES string of the molecule is C=Cc1cc(Br)cc(CCC)c1. The molecule has 1 heteroatoms. The van der Waals surface area contributed by atoms with Crippen LogP contribution >= 0.6 is 15.9 Å². The molecule has 0 spiro atoms. The molecule has 0 N–H and O–H groups in total. The molecule has 0 radical (unpaired) electrons. The summed E-state index contributed by atoms with van der Waals surface area (Å²) in [6, 6.07) is 6.42. The zero-order valence-corrected chi connectivity index (χ0v) is 8.89. The van der Waals surface area contributed by atoms with Gasteiger partial charge in [0.1, 0.15) is 0 Å². The van der Waals surface area contributed by atoms with Crippen LogP contribution in [0.4, 0.5) is 0 Å². The molecule has 0 aliphatic heterocycles. The van der Waals surface area contributed by atoms with Gasteiger partial charge in [0.25, 0.3) is 0 Å². The molecule has 64 valence electrons. The van der Waals surface area contributed by atoms with Crippen LogP contribution in [-0.2, 0) is 6.42 Å². The quantitative estimate of drug-likeness (QED) is 0.728. The second kappa shape index (κ2) is 4.46. The number of rotatable bonds is 3. The second-order valence-corrected chi connectivity index (χ2v) is 3.76. The zero-order chi connectivity index (χ0) is 8.97. The van der Waals surface area contributed by atoms with Crippen molar-refractivity contribution in [1.29, 1.82) is 0 Å². The fourth-order valence-corrected chi connectivity index (χ4v) is 1.78. The highest BCUT2D eigenvalue weighted by Crippen LogP contribution is 2.17. The lowest BCUT2D eigenvalue weighted by Crippen LogP contribution is -1.84. The smallest absolute Gasteiger partial charge is 0.0183 e. The lowest BCUT2D eigenvalue weighted by atomic mass is 10.1. The Balaban J connectivity index is 2.97. The van der Waals surface area contributed by atoms with Gasteiger partial charge < -0.3 is 0 Å². The molecule has 0 bridgehead atoms. The molecule has 0 fully saturated rings. The van der Waals surface area contributed by atoms with Gasteiger partial charge in [-0.15, -0.1) is 0 Å². The van der Waals surface area contributed by atoms with Gasteiger partial charge in [-0.25, -0.2) is 0 Å². The van der Waals surface area contributed by atoms with Crippen LogP contribution in [-0.4, -0.2) is 0 Å². The third-order valence-corrected chi connectivity index (χ3v) is 2.21. The van der Waals surface area contributed by atoms with Crippen molar-refractivity contribution in [2.75, 3.05) is 0 Å². The second-order valence-electron chi connectivity index (χ2n) is 2.85. The molecule has 0 amide bonds. The average Bonchev–Trinajstić information content (AvgIpc) is 2.04. The highest BCUT2D eigenvalue weighted by Gasteiger charge is 1.95. The number of hydrogen-bond acceptors (Lipinski definition) is 0. The van der Waals surface area contributed by atoms with Gasteiger partial charge in [-0.3, -0.25) is 0 Å². The Bertz CT molecular complexity index is 276. The molecule has 0 atom stereocenters. The molecule has 0 saturated carbocycles. The van der Waals surface area contributed by atoms with Crippen LogP contribution in [0.3, 0.4) is 0 Å². The first kappa shape index (κ1) is 9.53. The van der Waals surface area contributed by atoms with Crippen LogP contribution in [0.2, 0.25) is 0 Å². The maximum atomic E-state index is 3.75. The van der Waals surface area contributed by atoms with Crippen LogP contribution < -0.4 is 0 Å². The van der Waals surface area contributed by atoms with Crippen LogP contribution in [0.15, 0.2) is 29.3 Å². The first-order chi connectivity index (χ1) is 5.76. The highest BCUT2D eigenvalue weighted by molar-refractivity contribution is 9.10. The third-order valence-electron chi connectivity index (χ3n) is 1.75. The lowest BCUT2D eigenvalue weighted by Gasteiger charge is -2.01. The summed E-state index contributed by atoms with van der Waals surface area (Å²) in [6.45, 7) is 5.94. The Morgan fingerprint density at radius 2 is 2.17 bits per heavy atom. The molecule has 1 aromatic carbocycles. The van der Waals surface area contributed by atoms with Crippen molar-refractivity contribution in [3.8, 4) is 0 Å². The van der Waals surface area contributed by atoms with E-state index < -0.39 is 0 Å². The molecule has 0 nitrogen and oxygen atoms in total. The van der Waals surface area contributed by atoms with Crippen molar-refractivity contribution in [2.24, 2.45) is 0 Å². The maximum absolute atomic E-state index is 3.75. The van der Waals surface area contributed by atoms with E-state index in [9.17, 15) is 0 Å². The number of hydrogen-bond donors (Lipinski definition) is 0. The molecular formula is C11H13Br. The van der Waals surface area contributed by atoms with E-state index in [2.05, 4.69) is 47.6 Å². The fraction of sp³-hybridized carbons (Fsp3) is 0.273. The average molecular weight is 225 g/mol. The zero-order valence-electron chi connectivity index (χ0n) is 7.31. The van der Waals surface area contributed by atoms with Crippen LogP contribution in [0.5, 0.6) is 0 Å². The van der Waals surface area contributed by atoms with Crippen molar-refractivity contribution in [3.63, 3.8) is 0 Å². The Hall–Kier alpha value is -0.560. The number of benzene rings is 1. The monoisotopic (exact) mass is 224 g/mol. The van der Waals surface area contributed by atoms with Crippen LogP contribution in [0.25, 0.3) is 6.08 Å². The molecular weight excluding hydrogens is 212 g/mol. The normalized spacial score (nSPS) is 9.83. The molecule has 0 aromatic heterocycles. The summed E-state index contributed by atoms with van der Waals surface area (Å²) in [5.74, 6) is 0. The Morgan fingerprint density at radius 3 is 2.75 bits per heavy atom. The predicted molar refractivity (Wildman–Crippen MR) is 58.2 cm³/mol. The van der Waals surface area contributed by atoms with Gasteiger partial charge in [-0.1, -0.05) is 48.0 Å². The van der Waals surface area contributed by atoms with E-state index in [1.807, 2.05) is 6.08 Å². The molecule has 0 aliphatic carbocycles. The van der Waals surface area contributed by atoms with Crippen molar-refractivity contribution in [1.82, 2.24) is 0 Å². The Kier molecular flexibility index (Phi) is 3.54. The minimum absolute atomic E-state index is 1.14. The predicted octanol–water partition coefficient (Wildman–Crippen LogP) is 4.04.